The van der Waals surface area contributed by atoms with E-state index in [9.17, 15) is 4.79 Å². The number of benzene rings is 1. The fourth-order valence-corrected chi connectivity index (χ4v) is 2.87. The average molecular weight is 258 g/mol. The van der Waals surface area contributed by atoms with Gasteiger partial charge < -0.3 is 10.6 Å². The summed E-state index contributed by atoms with van der Waals surface area (Å²) in [5.74, 6) is 1.70. The van der Waals surface area contributed by atoms with Gasteiger partial charge in [0.05, 0.1) is 6.04 Å². The number of hydrogen-bond donors (Lipinski definition) is 2. The number of carbonyl (C=O) groups excluding carboxylic acids is 1. The lowest BCUT2D eigenvalue weighted by molar-refractivity contribution is -0.118. The zero-order valence-corrected chi connectivity index (χ0v) is 11.5. The lowest BCUT2D eigenvalue weighted by Gasteiger charge is -2.18. The standard InChI is InChI=1S/C16H22N2O/c1-11(12-6-7-12)10-17-15-9-8-13-4-2-3-5-14(13)18-16(15)19/h2-5,11-12,15,17H,6-10H2,1H3,(H,18,19). The van der Waals surface area contributed by atoms with Crippen LogP contribution in [0, 0.1) is 11.8 Å². The second kappa shape index (κ2) is 5.33. The third-order valence-electron chi connectivity index (χ3n) is 4.41. The number of aryl methyl sites for hydroxylation is 1. The molecule has 0 radical (unpaired) electrons. The molecular formula is C16H22N2O. The number of nitrogens with one attached hydrogen (secondary N) is 2. The van der Waals surface area contributed by atoms with E-state index in [1.807, 2.05) is 18.2 Å². The van der Waals surface area contributed by atoms with Crippen molar-refractivity contribution in [2.75, 3.05) is 11.9 Å². The number of rotatable bonds is 4. The molecule has 1 fully saturated rings. The van der Waals surface area contributed by atoms with Crippen LogP contribution >= 0.6 is 0 Å². The largest absolute Gasteiger partial charge is 0.324 e. The topological polar surface area (TPSA) is 41.1 Å². The maximum absolute atomic E-state index is 12.2. The van der Waals surface area contributed by atoms with E-state index in [-0.39, 0.29) is 11.9 Å². The van der Waals surface area contributed by atoms with Crippen LogP contribution in [-0.2, 0) is 11.2 Å². The van der Waals surface area contributed by atoms with Crippen molar-refractivity contribution in [1.82, 2.24) is 5.32 Å². The van der Waals surface area contributed by atoms with Gasteiger partial charge >= 0.3 is 0 Å². The first-order valence-electron chi connectivity index (χ1n) is 7.36. The van der Waals surface area contributed by atoms with Gasteiger partial charge in [0.15, 0.2) is 0 Å². The molecule has 2 atom stereocenters. The number of carbonyl (C=O) groups is 1. The summed E-state index contributed by atoms with van der Waals surface area (Å²) in [7, 11) is 0. The van der Waals surface area contributed by atoms with Gasteiger partial charge in [-0.3, -0.25) is 4.79 Å². The first-order chi connectivity index (χ1) is 9.24. The van der Waals surface area contributed by atoms with Gasteiger partial charge in [0.2, 0.25) is 5.91 Å². The summed E-state index contributed by atoms with van der Waals surface area (Å²) >= 11 is 0. The Kier molecular flexibility index (Phi) is 3.56. The molecule has 0 saturated heterocycles. The fourth-order valence-electron chi connectivity index (χ4n) is 2.87. The molecule has 19 heavy (non-hydrogen) atoms. The first-order valence-corrected chi connectivity index (χ1v) is 7.36. The average Bonchev–Trinajstić information content (AvgIpc) is 3.24. The van der Waals surface area contributed by atoms with Crippen LogP contribution < -0.4 is 10.6 Å². The molecule has 0 aromatic heterocycles. The molecule has 3 rings (SSSR count). The van der Waals surface area contributed by atoms with Crippen LogP contribution in [-0.4, -0.2) is 18.5 Å². The van der Waals surface area contributed by atoms with E-state index in [2.05, 4.69) is 23.6 Å². The van der Waals surface area contributed by atoms with E-state index in [1.165, 1.54) is 18.4 Å². The second-order valence-electron chi connectivity index (χ2n) is 5.96. The molecule has 3 nitrogen and oxygen atoms in total. The van der Waals surface area contributed by atoms with Crippen LogP contribution in [0.5, 0.6) is 0 Å². The highest BCUT2D eigenvalue weighted by Crippen LogP contribution is 2.36. The molecular weight excluding hydrogens is 236 g/mol. The van der Waals surface area contributed by atoms with Gasteiger partial charge in [-0.05, 0) is 55.7 Å². The lowest BCUT2D eigenvalue weighted by atomic mass is 10.0. The summed E-state index contributed by atoms with van der Waals surface area (Å²) in [6.45, 7) is 3.24. The molecule has 2 unspecified atom stereocenters. The predicted molar refractivity (Wildman–Crippen MR) is 77.1 cm³/mol. The van der Waals surface area contributed by atoms with Gasteiger partial charge in [0, 0.05) is 5.69 Å². The summed E-state index contributed by atoms with van der Waals surface area (Å²) in [6, 6.07) is 8.05. The van der Waals surface area contributed by atoms with Gasteiger partial charge in [0.1, 0.15) is 0 Å². The molecule has 1 aliphatic heterocycles. The smallest absolute Gasteiger partial charge is 0.241 e. The lowest BCUT2D eigenvalue weighted by Crippen LogP contribution is -2.42. The maximum atomic E-state index is 12.2. The van der Waals surface area contributed by atoms with Crippen molar-refractivity contribution >= 4 is 11.6 Å². The normalized spacial score (nSPS) is 24.3. The molecule has 0 spiro atoms. The van der Waals surface area contributed by atoms with Gasteiger partial charge in [0.25, 0.3) is 0 Å². The molecule has 102 valence electrons. The Morgan fingerprint density at radius 1 is 1.32 bits per heavy atom. The highest BCUT2D eigenvalue weighted by Gasteiger charge is 2.29. The Labute approximate surface area is 114 Å². The minimum absolute atomic E-state index is 0.0476. The third kappa shape index (κ3) is 2.98. The van der Waals surface area contributed by atoms with Crippen molar-refractivity contribution in [1.29, 1.82) is 0 Å². The number of amides is 1. The van der Waals surface area contributed by atoms with Crippen molar-refractivity contribution < 1.29 is 4.79 Å². The first kappa shape index (κ1) is 12.7. The SMILES string of the molecule is CC(CNC1CCc2ccccc2NC1=O)C1CC1. The molecule has 1 aromatic rings. The Bertz CT molecular complexity index is 468. The minimum Gasteiger partial charge on any atom is -0.324 e. The van der Waals surface area contributed by atoms with E-state index >= 15 is 0 Å². The third-order valence-corrected chi connectivity index (χ3v) is 4.41. The predicted octanol–water partition coefficient (Wildman–Crippen LogP) is 2.58. The Balaban J connectivity index is 1.60. The Morgan fingerprint density at radius 3 is 2.89 bits per heavy atom. The summed E-state index contributed by atoms with van der Waals surface area (Å²) in [4.78, 5) is 12.2. The van der Waals surface area contributed by atoms with Crippen LogP contribution in [0.2, 0.25) is 0 Å². The van der Waals surface area contributed by atoms with Crippen molar-refractivity contribution in [3.8, 4) is 0 Å². The highest BCUT2D eigenvalue weighted by atomic mass is 16.2. The zero-order valence-electron chi connectivity index (χ0n) is 11.5. The fraction of sp³-hybridized carbons (Fsp3) is 0.562. The van der Waals surface area contributed by atoms with E-state index < -0.39 is 0 Å². The summed E-state index contributed by atoms with van der Waals surface area (Å²) < 4.78 is 0. The summed E-state index contributed by atoms with van der Waals surface area (Å²) in [5.41, 5.74) is 2.22. The molecule has 1 amide bonds. The summed E-state index contributed by atoms with van der Waals surface area (Å²) in [6.07, 6.45) is 4.58. The van der Waals surface area contributed by atoms with Crippen LogP contribution in [0.15, 0.2) is 24.3 Å². The number of anilines is 1. The number of fused-ring (bicyclic) bond motifs is 1. The number of para-hydroxylation sites is 1. The van der Waals surface area contributed by atoms with Gasteiger partial charge in [-0.1, -0.05) is 25.1 Å². The van der Waals surface area contributed by atoms with E-state index in [1.54, 1.807) is 0 Å². The quantitative estimate of drug-likeness (QED) is 0.871. The van der Waals surface area contributed by atoms with Crippen molar-refractivity contribution in [2.24, 2.45) is 11.8 Å². The molecule has 3 heteroatoms. The Hall–Kier alpha value is -1.35. The molecule has 2 N–H and O–H groups in total. The van der Waals surface area contributed by atoms with E-state index in [4.69, 9.17) is 0 Å². The zero-order chi connectivity index (χ0) is 13.2. The van der Waals surface area contributed by atoms with E-state index in [0.29, 0.717) is 5.92 Å². The van der Waals surface area contributed by atoms with Crippen LogP contribution in [0.1, 0.15) is 31.7 Å². The second-order valence-corrected chi connectivity index (χ2v) is 5.96. The molecule has 2 aliphatic rings. The van der Waals surface area contributed by atoms with E-state index in [0.717, 1.165) is 31.0 Å². The van der Waals surface area contributed by atoms with Crippen molar-refractivity contribution in [3.63, 3.8) is 0 Å². The van der Waals surface area contributed by atoms with Gasteiger partial charge in [-0.15, -0.1) is 0 Å². The number of hydrogen-bond acceptors (Lipinski definition) is 2. The van der Waals surface area contributed by atoms with Crippen molar-refractivity contribution in [3.05, 3.63) is 29.8 Å². The van der Waals surface area contributed by atoms with Crippen molar-refractivity contribution in [2.45, 2.75) is 38.6 Å². The maximum Gasteiger partial charge on any atom is 0.241 e. The molecule has 1 heterocycles. The highest BCUT2D eigenvalue weighted by molar-refractivity contribution is 5.96. The Morgan fingerprint density at radius 2 is 2.11 bits per heavy atom. The van der Waals surface area contributed by atoms with Crippen LogP contribution in [0.4, 0.5) is 5.69 Å². The summed E-state index contributed by atoms with van der Waals surface area (Å²) in [5, 5.41) is 6.49. The van der Waals surface area contributed by atoms with Gasteiger partial charge in [-0.25, -0.2) is 0 Å². The molecule has 0 bridgehead atoms. The van der Waals surface area contributed by atoms with Crippen LogP contribution in [0.25, 0.3) is 0 Å². The monoisotopic (exact) mass is 258 g/mol. The molecule has 1 saturated carbocycles. The van der Waals surface area contributed by atoms with Gasteiger partial charge in [-0.2, -0.15) is 0 Å². The van der Waals surface area contributed by atoms with Crippen LogP contribution in [0.3, 0.4) is 0 Å². The molecule has 1 aliphatic carbocycles. The minimum atomic E-state index is -0.0476. The molecule has 1 aromatic carbocycles.